The van der Waals surface area contributed by atoms with Crippen molar-refractivity contribution in [2.24, 2.45) is 0 Å². The van der Waals surface area contributed by atoms with Gasteiger partial charge >= 0.3 is 0 Å². The van der Waals surface area contributed by atoms with Gasteiger partial charge in [-0.05, 0) is 77.7 Å². The lowest BCUT2D eigenvalue weighted by molar-refractivity contribution is 0.102. The molecule has 0 saturated carbocycles. The van der Waals surface area contributed by atoms with Gasteiger partial charge in [0.15, 0.2) is 0 Å². The molecule has 1 aromatic heterocycles. The summed E-state index contributed by atoms with van der Waals surface area (Å²) in [7, 11) is 0. The van der Waals surface area contributed by atoms with Gasteiger partial charge in [0.2, 0.25) is 0 Å². The molecule has 37 heavy (non-hydrogen) atoms. The molecule has 4 aromatic carbocycles. The lowest BCUT2D eigenvalue weighted by atomic mass is 9.94. The number of rotatable bonds is 6. The fourth-order valence-corrected chi connectivity index (χ4v) is 4.83. The average Bonchev–Trinajstić information content (AvgIpc) is 3.27. The van der Waals surface area contributed by atoms with Gasteiger partial charge in [-0.3, -0.25) is 4.79 Å². The number of nitrogens with zero attached hydrogens (tertiary/aromatic N) is 1. The molecule has 0 aliphatic carbocycles. The highest BCUT2D eigenvalue weighted by molar-refractivity contribution is 6.30. The summed E-state index contributed by atoms with van der Waals surface area (Å²) in [6.45, 7) is 4.15. The van der Waals surface area contributed by atoms with E-state index in [0.717, 1.165) is 33.8 Å². The molecule has 5 heteroatoms. The first-order valence-corrected chi connectivity index (χ1v) is 12.5. The van der Waals surface area contributed by atoms with Gasteiger partial charge < -0.3 is 9.88 Å². The standard InChI is InChI=1S/C32H26ClFN2O/c1-21(2)30-29(32(37)35-26-11-7-4-8-12-26)28(22-9-5-3-6-10-22)31(23-13-17-25(34)18-14-23)36(30)27-19-15-24(33)16-20-27/h3-21H,1-2H3,(H,35,37). The molecule has 0 unspecified atom stereocenters. The Kier molecular flexibility index (Phi) is 6.93. The molecule has 0 fully saturated rings. The predicted molar refractivity (Wildman–Crippen MR) is 150 cm³/mol. The summed E-state index contributed by atoms with van der Waals surface area (Å²) in [5.74, 6) is -0.533. The molecule has 184 valence electrons. The van der Waals surface area contributed by atoms with Crippen LogP contribution in [0.5, 0.6) is 0 Å². The Hall–Kier alpha value is -4.15. The van der Waals surface area contributed by atoms with Crippen molar-refractivity contribution < 1.29 is 9.18 Å². The average molecular weight is 509 g/mol. The summed E-state index contributed by atoms with van der Waals surface area (Å²) in [5.41, 5.74) is 6.32. The molecule has 5 aromatic rings. The zero-order chi connectivity index (χ0) is 25.9. The molecule has 0 bridgehead atoms. The molecule has 0 spiro atoms. The van der Waals surface area contributed by atoms with Gasteiger partial charge in [-0.1, -0.05) is 74.0 Å². The second-order valence-electron chi connectivity index (χ2n) is 9.14. The molecule has 1 heterocycles. The van der Waals surface area contributed by atoms with Gasteiger partial charge in [-0.25, -0.2) is 4.39 Å². The molecule has 0 radical (unpaired) electrons. The Bertz CT molecular complexity index is 1520. The van der Waals surface area contributed by atoms with Gasteiger partial charge in [-0.15, -0.1) is 0 Å². The minimum atomic E-state index is -0.319. The Morgan fingerprint density at radius 3 is 1.97 bits per heavy atom. The second-order valence-corrected chi connectivity index (χ2v) is 9.58. The summed E-state index contributed by atoms with van der Waals surface area (Å²) in [6.07, 6.45) is 0. The second kappa shape index (κ2) is 10.5. The monoisotopic (exact) mass is 508 g/mol. The van der Waals surface area contributed by atoms with E-state index >= 15 is 0 Å². The zero-order valence-corrected chi connectivity index (χ0v) is 21.3. The molecule has 1 amide bonds. The van der Waals surface area contributed by atoms with E-state index in [-0.39, 0.29) is 17.6 Å². The van der Waals surface area contributed by atoms with Crippen LogP contribution in [-0.2, 0) is 0 Å². The van der Waals surface area contributed by atoms with Crippen LogP contribution in [0.1, 0.15) is 35.8 Å². The number of anilines is 1. The summed E-state index contributed by atoms with van der Waals surface area (Å²) in [6, 6.07) is 33.2. The van der Waals surface area contributed by atoms with Crippen LogP contribution in [0.3, 0.4) is 0 Å². The van der Waals surface area contributed by atoms with Crippen molar-refractivity contribution in [2.45, 2.75) is 19.8 Å². The van der Waals surface area contributed by atoms with Gasteiger partial charge in [0, 0.05) is 27.7 Å². The normalized spacial score (nSPS) is 11.1. The van der Waals surface area contributed by atoms with E-state index in [1.807, 2.05) is 84.9 Å². The maximum atomic E-state index is 14.1. The van der Waals surface area contributed by atoms with Crippen molar-refractivity contribution in [1.29, 1.82) is 0 Å². The first-order valence-electron chi connectivity index (χ1n) is 12.2. The maximum absolute atomic E-state index is 14.1. The van der Waals surface area contributed by atoms with E-state index in [2.05, 4.69) is 23.7 Å². The molecule has 5 rings (SSSR count). The van der Waals surface area contributed by atoms with Gasteiger partial charge in [-0.2, -0.15) is 0 Å². The number of para-hydroxylation sites is 1. The number of hydrogen-bond acceptors (Lipinski definition) is 1. The Balaban J connectivity index is 1.89. The van der Waals surface area contributed by atoms with Crippen LogP contribution < -0.4 is 5.32 Å². The number of halogens is 2. The molecular formula is C32H26ClFN2O. The fraction of sp³-hybridized carbons (Fsp3) is 0.0938. The van der Waals surface area contributed by atoms with Crippen molar-refractivity contribution in [3.05, 3.63) is 131 Å². The highest BCUT2D eigenvalue weighted by Gasteiger charge is 2.31. The van der Waals surface area contributed by atoms with Crippen molar-refractivity contribution in [3.63, 3.8) is 0 Å². The number of amides is 1. The van der Waals surface area contributed by atoms with Crippen molar-refractivity contribution in [3.8, 4) is 28.1 Å². The summed E-state index contributed by atoms with van der Waals surface area (Å²) in [5, 5.41) is 3.71. The predicted octanol–water partition coefficient (Wildman–Crippen LogP) is 8.98. The Morgan fingerprint density at radius 2 is 1.38 bits per heavy atom. The maximum Gasteiger partial charge on any atom is 0.258 e. The van der Waals surface area contributed by atoms with E-state index in [0.29, 0.717) is 16.3 Å². The Labute approximate surface area is 221 Å². The molecule has 3 nitrogen and oxygen atoms in total. The van der Waals surface area contributed by atoms with E-state index in [4.69, 9.17) is 11.6 Å². The van der Waals surface area contributed by atoms with Crippen LogP contribution in [0.2, 0.25) is 5.02 Å². The van der Waals surface area contributed by atoms with E-state index < -0.39 is 0 Å². The largest absolute Gasteiger partial charge is 0.322 e. The van der Waals surface area contributed by atoms with Crippen LogP contribution in [0, 0.1) is 5.82 Å². The third kappa shape index (κ3) is 4.93. The minimum Gasteiger partial charge on any atom is -0.322 e. The van der Waals surface area contributed by atoms with Crippen LogP contribution in [-0.4, -0.2) is 10.5 Å². The lowest BCUT2D eigenvalue weighted by Crippen LogP contribution is -2.16. The van der Waals surface area contributed by atoms with Crippen molar-refractivity contribution in [1.82, 2.24) is 4.57 Å². The number of carbonyl (C=O) groups is 1. The highest BCUT2D eigenvalue weighted by Crippen LogP contribution is 2.44. The number of nitrogens with one attached hydrogen (secondary N) is 1. The Morgan fingerprint density at radius 1 is 0.784 bits per heavy atom. The van der Waals surface area contributed by atoms with Crippen molar-refractivity contribution in [2.75, 3.05) is 5.32 Å². The SMILES string of the molecule is CC(C)c1c(C(=O)Nc2ccccc2)c(-c2ccccc2)c(-c2ccc(F)cc2)n1-c1ccc(Cl)cc1. The first kappa shape index (κ1) is 24.5. The van der Waals surface area contributed by atoms with E-state index in [1.54, 1.807) is 12.1 Å². The van der Waals surface area contributed by atoms with Gasteiger partial charge in [0.05, 0.1) is 11.3 Å². The number of aromatic nitrogens is 1. The summed E-state index contributed by atoms with van der Waals surface area (Å²) in [4.78, 5) is 14.1. The third-order valence-corrected chi connectivity index (χ3v) is 6.53. The molecule has 0 aliphatic heterocycles. The number of carbonyl (C=O) groups excluding carboxylic acids is 1. The van der Waals surface area contributed by atoms with Crippen LogP contribution in [0.4, 0.5) is 10.1 Å². The first-order chi connectivity index (χ1) is 17.9. The number of benzene rings is 4. The number of hydrogen-bond donors (Lipinski definition) is 1. The smallest absolute Gasteiger partial charge is 0.258 e. The van der Waals surface area contributed by atoms with Gasteiger partial charge in [0.1, 0.15) is 5.82 Å². The molecule has 0 saturated heterocycles. The topological polar surface area (TPSA) is 34.0 Å². The van der Waals surface area contributed by atoms with Crippen LogP contribution in [0.25, 0.3) is 28.1 Å². The summed E-state index contributed by atoms with van der Waals surface area (Å²) < 4.78 is 16.1. The molecule has 1 N–H and O–H groups in total. The van der Waals surface area contributed by atoms with Crippen LogP contribution >= 0.6 is 11.6 Å². The minimum absolute atomic E-state index is 0.0103. The highest BCUT2D eigenvalue weighted by atomic mass is 35.5. The van der Waals surface area contributed by atoms with Crippen LogP contribution in [0.15, 0.2) is 109 Å². The summed E-state index contributed by atoms with van der Waals surface area (Å²) >= 11 is 6.23. The third-order valence-electron chi connectivity index (χ3n) is 6.28. The lowest BCUT2D eigenvalue weighted by Gasteiger charge is -2.17. The van der Waals surface area contributed by atoms with E-state index in [1.165, 1.54) is 12.1 Å². The molecule has 0 atom stereocenters. The quantitative estimate of drug-likeness (QED) is 0.244. The van der Waals surface area contributed by atoms with E-state index in [9.17, 15) is 9.18 Å². The van der Waals surface area contributed by atoms with Crippen molar-refractivity contribution >= 4 is 23.2 Å². The molecule has 0 aliphatic rings. The molecular weight excluding hydrogens is 483 g/mol. The fourth-order valence-electron chi connectivity index (χ4n) is 4.71. The van der Waals surface area contributed by atoms with Gasteiger partial charge in [0.25, 0.3) is 5.91 Å². The zero-order valence-electron chi connectivity index (χ0n) is 20.6.